The van der Waals surface area contributed by atoms with Crippen LogP contribution in [0, 0.1) is 0 Å². The molecule has 0 radical (unpaired) electrons. The Labute approximate surface area is 105 Å². The van der Waals surface area contributed by atoms with E-state index in [1.165, 1.54) is 25.0 Å². The van der Waals surface area contributed by atoms with Gasteiger partial charge in [0.2, 0.25) is 0 Å². The SMILES string of the molecule is Nc1ccc2cnc(CC3CCCCS3)n2c1. The average Bonchev–Trinajstić information content (AvgIpc) is 2.73. The van der Waals surface area contributed by atoms with E-state index in [1.54, 1.807) is 0 Å². The molecule has 0 aromatic carbocycles. The van der Waals surface area contributed by atoms with Gasteiger partial charge in [0.05, 0.1) is 11.7 Å². The lowest BCUT2D eigenvalue weighted by molar-refractivity contribution is 0.647. The van der Waals surface area contributed by atoms with E-state index in [1.807, 2.05) is 24.5 Å². The summed E-state index contributed by atoms with van der Waals surface area (Å²) in [6.07, 6.45) is 9.02. The van der Waals surface area contributed by atoms with Crippen molar-refractivity contribution in [1.82, 2.24) is 9.38 Å². The number of hydrogen-bond acceptors (Lipinski definition) is 3. The highest BCUT2D eigenvalue weighted by molar-refractivity contribution is 7.99. The maximum atomic E-state index is 5.83. The smallest absolute Gasteiger partial charge is 0.114 e. The number of aromatic nitrogens is 2. The van der Waals surface area contributed by atoms with Crippen LogP contribution in [-0.2, 0) is 6.42 Å². The third-order valence-electron chi connectivity index (χ3n) is 3.31. The highest BCUT2D eigenvalue weighted by Gasteiger charge is 2.16. The topological polar surface area (TPSA) is 43.3 Å². The van der Waals surface area contributed by atoms with Crippen LogP contribution in [0.1, 0.15) is 25.1 Å². The molecule has 90 valence electrons. The molecular formula is C13H17N3S. The molecule has 0 aliphatic carbocycles. The zero-order valence-electron chi connectivity index (χ0n) is 9.80. The van der Waals surface area contributed by atoms with Crippen LogP contribution in [0.3, 0.4) is 0 Å². The van der Waals surface area contributed by atoms with Crippen molar-refractivity contribution in [2.45, 2.75) is 30.9 Å². The van der Waals surface area contributed by atoms with E-state index in [0.717, 1.165) is 28.7 Å². The number of fused-ring (bicyclic) bond motifs is 1. The zero-order chi connectivity index (χ0) is 11.7. The Morgan fingerprint density at radius 1 is 1.41 bits per heavy atom. The second-order valence-electron chi connectivity index (χ2n) is 4.62. The monoisotopic (exact) mass is 247 g/mol. The van der Waals surface area contributed by atoms with Gasteiger partial charge in [0.15, 0.2) is 0 Å². The van der Waals surface area contributed by atoms with Gasteiger partial charge < -0.3 is 10.1 Å². The summed E-state index contributed by atoms with van der Waals surface area (Å²) in [5.74, 6) is 2.45. The zero-order valence-corrected chi connectivity index (χ0v) is 10.6. The molecule has 17 heavy (non-hydrogen) atoms. The Balaban J connectivity index is 1.86. The minimum atomic E-state index is 0.732. The van der Waals surface area contributed by atoms with Crippen LogP contribution in [0.25, 0.3) is 5.52 Å². The number of pyridine rings is 1. The second kappa shape index (κ2) is 4.61. The molecule has 2 aromatic rings. The molecule has 1 aliphatic heterocycles. The molecule has 2 aromatic heterocycles. The number of rotatable bonds is 2. The molecule has 3 rings (SSSR count). The molecule has 0 amide bonds. The van der Waals surface area contributed by atoms with Gasteiger partial charge >= 0.3 is 0 Å². The number of anilines is 1. The summed E-state index contributed by atoms with van der Waals surface area (Å²) in [6.45, 7) is 0. The molecule has 1 aliphatic rings. The van der Waals surface area contributed by atoms with E-state index in [9.17, 15) is 0 Å². The second-order valence-corrected chi connectivity index (χ2v) is 6.03. The fourth-order valence-corrected chi connectivity index (χ4v) is 3.69. The minimum Gasteiger partial charge on any atom is -0.398 e. The summed E-state index contributed by atoms with van der Waals surface area (Å²) in [6, 6.07) is 3.95. The van der Waals surface area contributed by atoms with Crippen LogP contribution in [0.5, 0.6) is 0 Å². The summed E-state index contributed by atoms with van der Waals surface area (Å²) in [7, 11) is 0. The van der Waals surface area contributed by atoms with Crippen LogP contribution in [0.15, 0.2) is 24.5 Å². The Morgan fingerprint density at radius 2 is 2.35 bits per heavy atom. The Hall–Kier alpha value is -1.16. The maximum absolute atomic E-state index is 5.83. The lowest BCUT2D eigenvalue weighted by Gasteiger charge is -2.20. The van der Waals surface area contributed by atoms with Crippen LogP contribution < -0.4 is 5.73 Å². The highest BCUT2D eigenvalue weighted by atomic mass is 32.2. The summed E-state index contributed by atoms with van der Waals surface area (Å²) < 4.78 is 2.13. The van der Waals surface area contributed by atoms with Gasteiger partial charge in [0.25, 0.3) is 0 Å². The lowest BCUT2D eigenvalue weighted by Crippen LogP contribution is -2.14. The van der Waals surface area contributed by atoms with Crippen LogP contribution in [-0.4, -0.2) is 20.4 Å². The maximum Gasteiger partial charge on any atom is 0.114 e. The molecular weight excluding hydrogens is 230 g/mol. The molecule has 2 N–H and O–H groups in total. The first-order valence-corrected chi connectivity index (χ1v) is 7.21. The molecule has 1 atom stereocenters. The third kappa shape index (κ3) is 2.27. The Kier molecular flexibility index (Phi) is 2.97. The predicted molar refractivity (Wildman–Crippen MR) is 73.4 cm³/mol. The number of hydrogen-bond donors (Lipinski definition) is 1. The average molecular weight is 247 g/mol. The molecule has 0 saturated carbocycles. The van der Waals surface area contributed by atoms with Crippen molar-refractivity contribution in [3.63, 3.8) is 0 Å². The van der Waals surface area contributed by atoms with E-state index < -0.39 is 0 Å². The van der Waals surface area contributed by atoms with Gasteiger partial charge in [-0.1, -0.05) is 6.42 Å². The first-order chi connectivity index (χ1) is 8.33. The Bertz CT molecular complexity index is 514. The normalized spacial score (nSPS) is 20.8. The van der Waals surface area contributed by atoms with Gasteiger partial charge in [-0.2, -0.15) is 11.8 Å². The summed E-state index contributed by atoms with van der Waals surface area (Å²) in [5.41, 5.74) is 7.76. The number of nitrogen functional groups attached to an aromatic ring is 1. The third-order valence-corrected chi connectivity index (χ3v) is 4.71. The van der Waals surface area contributed by atoms with Crippen molar-refractivity contribution in [3.8, 4) is 0 Å². The number of nitrogens with zero attached hydrogens (tertiary/aromatic N) is 2. The van der Waals surface area contributed by atoms with Crippen LogP contribution in [0.2, 0.25) is 0 Å². The van der Waals surface area contributed by atoms with Crippen molar-refractivity contribution in [2.24, 2.45) is 0 Å². The van der Waals surface area contributed by atoms with Crippen molar-refractivity contribution >= 4 is 23.0 Å². The van der Waals surface area contributed by atoms with E-state index in [0.29, 0.717) is 0 Å². The lowest BCUT2D eigenvalue weighted by atomic mass is 10.1. The molecule has 3 heterocycles. The molecule has 4 heteroatoms. The molecule has 3 nitrogen and oxygen atoms in total. The van der Waals surface area contributed by atoms with E-state index in [-0.39, 0.29) is 0 Å². The Morgan fingerprint density at radius 3 is 3.18 bits per heavy atom. The molecule has 1 fully saturated rings. The van der Waals surface area contributed by atoms with E-state index in [2.05, 4.69) is 21.1 Å². The summed E-state index contributed by atoms with van der Waals surface area (Å²) in [4.78, 5) is 4.52. The fourth-order valence-electron chi connectivity index (χ4n) is 2.38. The first-order valence-electron chi connectivity index (χ1n) is 6.16. The highest BCUT2D eigenvalue weighted by Crippen LogP contribution is 2.27. The number of nitrogens with two attached hydrogens (primary N) is 1. The van der Waals surface area contributed by atoms with E-state index in [4.69, 9.17) is 5.73 Å². The quantitative estimate of drug-likeness (QED) is 0.887. The van der Waals surface area contributed by atoms with Gasteiger partial charge in [0.1, 0.15) is 5.82 Å². The van der Waals surface area contributed by atoms with E-state index >= 15 is 0 Å². The number of thioether (sulfide) groups is 1. The summed E-state index contributed by atoms with van der Waals surface area (Å²) >= 11 is 2.09. The van der Waals surface area contributed by atoms with Crippen LogP contribution >= 0.6 is 11.8 Å². The van der Waals surface area contributed by atoms with Crippen molar-refractivity contribution in [2.75, 3.05) is 11.5 Å². The van der Waals surface area contributed by atoms with Crippen molar-refractivity contribution in [3.05, 3.63) is 30.4 Å². The molecule has 1 unspecified atom stereocenters. The van der Waals surface area contributed by atoms with Crippen LogP contribution in [0.4, 0.5) is 5.69 Å². The standard InChI is InChI=1S/C13H17N3S/c14-10-4-5-11-8-15-13(16(11)9-10)7-12-3-1-2-6-17-12/h4-5,8-9,12H,1-3,6-7,14H2. The summed E-state index contributed by atoms with van der Waals surface area (Å²) in [5, 5.41) is 0.732. The van der Waals surface area contributed by atoms with Gasteiger partial charge in [-0.05, 0) is 30.7 Å². The molecule has 0 bridgehead atoms. The molecule has 0 spiro atoms. The van der Waals surface area contributed by atoms with Gasteiger partial charge in [-0.15, -0.1) is 0 Å². The predicted octanol–water partition coefficient (Wildman–Crippen LogP) is 2.74. The molecule has 1 saturated heterocycles. The fraction of sp³-hybridized carbons (Fsp3) is 0.462. The van der Waals surface area contributed by atoms with Crippen molar-refractivity contribution in [1.29, 1.82) is 0 Å². The van der Waals surface area contributed by atoms with Gasteiger partial charge in [-0.3, -0.25) is 0 Å². The minimum absolute atomic E-state index is 0.732. The van der Waals surface area contributed by atoms with Crippen molar-refractivity contribution < 1.29 is 0 Å². The van der Waals surface area contributed by atoms with Gasteiger partial charge in [-0.25, -0.2) is 4.98 Å². The number of imidazole rings is 1. The van der Waals surface area contributed by atoms with Gasteiger partial charge in [0, 0.05) is 23.6 Å². The largest absolute Gasteiger partial charge is 0.398 e. The first kappa shape index (κ1) is 11.0.